The Kier molecular flexibility index (Phi) is 5.75. The molecular formula is C24H22Br2N2O2. The SMILES string of the molecule is CC(C)C1N(c2ccc(Br)cc2)C(=O)N(c2ccc(Br)cc2)C1(O)c1ccccc1. The minimum absolute atomic E-state index is 0.0109. The van der Waals surface area contributed by atoms with Gasteiger partial charge in [0.05, 0.1) is 6.04 Å². The number of amides is 2. The lowest BCUT2D eigenvalue weighted by Crippen LogP contribution is -2.51. The monoisotopic (exact) mass is 528 g/mol. The Balaban J connectivity index is 1.95. The summed E-state index contributed by atoms with van der Waals surface area (Å²) in [7, 11) is 0. The Morgan fingerprint density at radius 3 is 1.83 bits per heavy atom. The topological polar surface area (TPSA) is 43.8 Å². The molecule has 0 spiro atoms. The third-order valence-corrected chi connectivity index (χ3v) is 6.51. The van der Waals surface area contributed by atoms with Crippen LogP contribution >= 0.6 is 31.9 Å². The van der Waals surface area contributed by atoms with E-state index in [1.165, 1.54) is 4.90 Å². The number of aliphatic hydroxyl groups is 1. The fourth-order valence-corrected chi connectivity index (χ4v) is 4.73. The van der Waals surface area contributed by atoms with Gasteiger partial charge in [0.2, 0.25) is 0 Å². The van der Waals surface area contributed by atoms with E-state index in [-0.39, 0.29) is 11.9 Å². The number of anilines is 2. The van der Waals surface area contributed by atoms with E-state index < -0.39 is 11.8 Å². The van der Waals surface area contributed by atoms with Gasteiger partial charge in [0.25, 0.3) is 0 Å². The summed E-state index contributed by atoms with van der Waals surface area (Å²) in [6.07, 6.45) is 0. The fraction of sp³-hybridized carbons (Fsp3) is 0.208. The molecule has 2 unspecified atom stereocenters. The molecule has 0 aliphatic carbocycles. The zero-order valence-electron chi connectivity index (χ0n) is 16.7. The molecule has 1 fully saturated rings. The van der Waals surface area contributed by atoms with E-state index in [1.807, 2.05) is 92.7 Å². The Hall–Kier alpha value is -2.15. The second kappa shape index (κ2) is 8.17. The number of hydrogen-bond donors (Lipinski definition) is 1. The van der Waals surface area contributed by atoms with Crippen molar-refractivity contribution >= 4 is 49.3 Å². The number of rotatable bonds is 4. The largest absolute Gasteiger partial charge is 0.365 e. The Morgan fingerprint density at radius 1 is 0.833 bits per heavy atom. The molecule has 2 amide bonds. The lowest BCUT2D eigenvalue weighted by Gasteiger charge is -2.39. The van der Waals surface area contributed by atoms with Gasteiger partial charge in [0.15, 0.2) is 5.72 Å². The fourth-order valence-electron chi connectivity index (χ4n) is 4.20. The molecule has 1 N–H and O–H groups in total. The third kappa shape index (κ3) is 3.47. The standard InChI is InChI=1S/C24H22Br2N2O2/c1-16(2)22-24(30,17-6-4-3-5-7-17)28(21-14-10-19(26)11-15-21)23(29)27(22)20-12-8-18(25)9-13-20/h3-16,22,30H,1-2H3. The Morgan fingerprint density at radius 2 is 1.33 bits per heavy atom. The minimum atomic E-state index is -1.53. The minimum Gasteiger partial charge on any atom is -0.365 e. The molecule has 2 atom stereocenters. The van der Waals surface area contributed by atoms with Crippen molar-refractivity contribution in [3.63, 3.8) is 0 Å². The molecule has 1 aliphatic rings. The normalized spacial score (nSPS) is 21.5. The lowest BCUT2D eigenvalue weighted by molar-refractivity contribution is 0.0178. The van der Waals surface area contributed by atoms with Crippen LogP contribution in [-0.2, 0) is 5.72 Å². The van der Waals surface area contributed by atoms with E-state index in [2.05, 4.69) is 31.9 Å². The van der Waals surface area contributed by atoms with Gasteiger partial charge in [-0.05, 0) is 54.4 Å². The Bertz CT molecular complexity index is 1040. The first-order chi connectivity index (χ1) is 14.3. The predicted octanol–water partition coefficient (Wildman–Crippen LogP) is 6.53. The summed E-state index contributed by atoms with van der Waals surface area (Å²) in [4.78, 5) is 17.1. The van der Waals surface area contributed by atoms with Gasteiger partial charge in [-0.2, -0.15) is 0 Å². The van der Waals surface area contributed by atoms with Crippen LogP contribution in [0.1, 0.15) is 19.4 Å². The molecule has 30 heavy (non-hydrogen) atoms. The summed E-state index contributed by atoms with van der Waals surface area (Å²) < 4.78 is 1.84. The molecule has 1 heterocycles. The number of nitrogens with zero attached hydrogens (tertiary/aromatic N) is 2. The molecule has 0 radical (unpaired) electrons. The van der Waals surface area contributed by atoms with Gasteiger partial charge in [-0.25, -0.2) is 4.79 Å². The summed E-state index contributed by atoms with van der Waals surface area (Å²) >= 11 is 6.91. The molecule has 4 rings (SSSR count). The average Bonchev–Trinajstić information content (AvgIpc) is 2.98. The summed E-state index contributed by atoms with van der Waals surface area (Å²) in [5.41, 5.74) is 0.531. The molecule has 154 valence electrons. The van der Waals surface area contributed by atoms with Crippen molar-refractivity contribution in [3.05, 3.63) is 93.4 Å². The number of benzene rings is 3. The van der Waals surface area contributed by atoms with E-state index >= 15 is 0 Å². The van der Waals surface area contributed by atoms with Crippen LogP contribution in [0.5, 0.6) is 0 Å². The first kappa shape index (κ1) is 21.1. The predicted molar refractivity (Wildman–Crippen MR) is 128 cm³/mol. The van der Waals surface area contributed by atoms with Gasteiger partial charge < -0.3 is 5.11 Å². The maximum absolute atomic E-state index is 13.8. The average molecular weight is 530 g/mol. The van der Waals surface area contributed by atoms with Crippen molar-refractivity contribution < 1.29 is 9.90 Å². The van der Waals surface area contributed by atoms with Crippen LogP contribution in [0, 0.1) is 5.92 Å². The number of urea groups is 1. The van der Waals surface area contributed by atoms with E-state index in [9.17, 15) is 9.90 Å². The van der Waals surface area contributed by atoms with E-state index in [0.717, 1.165) is 14.6 Å². The van der Waals surface area contributed by atoms with Crippen molar-refractivity contribution in [1.82, 2.24) is 0 Å². The number of carbonyl (C=O) groups excluding carboxylic acids is 1. The summed E-state index contributed by atoms with van der Waals surface area (Å²) in [6, 6.07) is 23.7. The van der Waals surface area contributed by atoms with Crippen LogP contribution in [0.2, 0.25) is 0 Å². The highest BCUT2D eigenvalue weighted by molar-refractivity contribution is 9.10. The Labute approximate surface area is 193 Å². The van der Waals surface area contributed by atoms with Gasteiger partial charge in [-0.15, -0.1) is 0 Å². The first-order valence-electron chi connectivity index (χ1n) is 9.76. The smallest absolute Gasteiger partial charge is 0.332 e. The van der Waals surface area contributed by atoms with Gasteiger partial charge in [-0.3, -0.25) is 9.80 Å². The lowest BCUT2D eigenvalue weighted by atomic mass is 9.86. The number of carbonyl (C=O) groups is 1. The van der Waals surface area contributed by atoms with Crippen molar-refractivity contribution in [2.24, 2.45) is 5.92 Å². The van der Waals surface area contributed by atoms with Crippen molar-refractivity contribution in [2.75, 3.05) is 9.80 Å². The van der Waals surface area contributed by atoms with Crippen molar-refractivity contribution in [2.45, 2.75) is 25.6 Å². The molecular weight excluding hydrogens is 508 g/mol. The highest BCUT2D eigenvalue weighted by Gasteiger charge is 2.59. The highest BCUT2D eigenvalue weighted by Crippen LogP contribution is 2.47. The molecule has 3 aromatic rings. The quantitative estimate of drug-likeness (QED) is 0.417. The van der Waals surface area contributed by atoms with E-state index in [0.29, 0.717) is 11.3 Å². The third-order valence-electron chi connectivity index (χ3n) is 5.45. The zero-order chi connectivity index (χ0) is 21.5. The maximum Gasteiger partial charge on any atom is 0.332 e. The van der Waals surface area contributed by atoms with Crippen LogP contribution in [0.4, 0.5) is 16.2 Å². The summed E-state index contributed by atoms with van der Waals surface area (Å²) in [6.45, 7) is 4.06. The van der Waals surface area contributed by atoms with Crippen LogP contribution in [-0.4, -0.2) is 17.2 Å². The van der Waals surface area contributed by atoms with Crippen LogP contribution in [0.25, 0.3) is 0 Å². The maximum atomic E-state index is 13.8. The van der Waals surface area contributed by atoms with Gasteiger partial charge >= 0.3 is 6.03 Å². The second-order valence-electron chi connectivity index (χ2n) is 7.72. The molecule has 6 heteroatoms. The van der Waals surface area contributed by atoms with Gasteiger partial charge in [0, 0.05) is 25.9 Å². The molecule has 0 aromatic heterocycles. The summed E-state index contributed by atoms with van der Waals surface area (Å²) in [5.74, 6) is -0.0109. The molecule has 4 nitrogen and oxygen atoms in total. The van der Waals surface area contributed by atoms with Crippen molar-refractivity contribution in [1.29, 1.82) is 0 Å². The number of halogens is 2. The molecule has 1 aliphatic heterocycles. The number of hydrogen-bond acceptors (Lipinski definition) is 2. The first-order valence-corrected chi connectivity index (χ1v) is 11.3. The van der Waals surface area contributed by atoms with Gasteiger partial charge in [0.1, 0.15) is 0 Å². The van der Waals surface area contributed by atoms with E-state index in [1.54, 1.807) is 4.90 Å². The summed E-state index contributed by atoms with van der Waals surface area (Å²) in [5, 5.41) is 12.3. The second-order valence-corrected chi connectivity index (χ2v) is 9.55. The molecule has 0 bridgehead atoms. The van der Waals surface area contributed by atoms with Crippen molar-refractivity contribution in [3.8, 4) is 0 Å². The zero-order valence-corrected chi connectivity index (χ0v) is 19.8. The molecule has 3 aromatic carbocycles. The van der Waals surface area contributed by atoms with Crippen LogP contribution in [0.3, 0.4) is 0 Å². The molecule has 1 saturated heterocycles. The van der Waals surface area contributed by atoms with Gasteiger partial charge in [-0.1, -0.05) is 76.0 Å². The molecule has 0 saturated carbocycles. The van der Waals surface area contributed by atoms with Crippen LogP contribution in [0.15, 0.2) is 87.8 Å². The highest BCUT2D eigenvalue weighted by atomic mass is 79.9. The van der Waals surface area contributed by atoms with E-state index in [4.69, 9.17) is 0 Å². The van der Waals surface area contributed by atoms with Crippen LogP contribution < -0.4 is 9.80 Å².